The van der Waals surface area contributed by atoms with E-state index in [1.807, 2.05) is 0 Å². The molecule has 1 unspecified atom stereocenters. The number of fused-ring (bicyclic) bond motifs is 1. The molecular weight excluding hydrogens is 532 g/mol. The third-order valence-electron chi connectivity index (χ3n) is 8.28. The van der Waals surface area contributed by atoms with Crippen LogP contribution in [0.15, 0.2) is 29.2 Å². The largest absolute Gasteiger partial charge is 0.364 e. The van der Waals surface area contributed by atoms with E-state index in [4.69, 9.17) is 4.52 Å². The zero-order chi connectivity index (χ0) is 28.2. The third-order valence-corrected chi connectivity index (χ3v) is 8.28. The number of rotatable bonds is 9. The molecule has 0 saturated heterocycles. The van der Waals surface area contributed by atoms with Gasteiger partial charge in [0.15, 0.2) is 5.69 Å². The van der Waals surface area contributed by atoms with Crippen LogP contribution in [0.3, 0.4) is 0 Å². The maximum absolute atomic E-state index is 13.9. The van der Waals surface area contributed by atoms with Crippen molar-refractivity contribution in [2.24, 2.45) is 17.8 Å². The van der Waals surface area contributed by atoms with Crippen molar-refractivity contribution in [1.82, 2.24) is 30.2 Å². The van der Waals surface area contributed by atoms with Crippen LogP contribution in [-0.2, 0) is 4.79 Å². The van der Waals surface area contributed by atoms with E-state index in [-0.39, 0.29) is 56.1 Å². The molecule has 0 aliphatic heterocycles. The van der Waals surface area contributed by atoms with Crippen molar-refractivity contribution in [1.29, 1.82) is 0 Å². The molecule has 3 atom stereocenters. The van der Waals surface area contributed by atoms with Gasteiger partial charge in [-0.1, -0.05) is 5.16 Å². The lowest BCUT2D eigenvalue weighted by atomic mass is 9.81. The molecule has 3 aliphatic carbocycles. The third kappa shape index (κ3) is 5.55. The van der Waals surface area contributed by atoms with E-state index in [0.29, 0.717) is 22.7 Å². The summed E-state index contributed by atoms with van der Waals surface area (Å²) in [5.41, 5.74) is 1.70. The lowest BCUT2D eigenvalue weighted by Crippen LogP contribution is -2.37. The minimum absolute atomic E-state index is 0.113. The molecule has 13 heteroatoms. The van der Waals surface area contributed by atoms with Crippen LogP contribution in [0.1, 0.15) is 90.9 Å². The summed E-state index contributed by atoms with van der Waals surface area (Å²) in [5, 5.41) is 9.58. The average molecular weight is 563 g/mol. The Morgan fingerprint density at radius 1 is 1.05 bits per heavy atom. The number of hydrogen-bond acceptors (Lipinski definition) is 6. The van der Waals surface area contributed by atoms with Gasteiger partial charge in [0.1, 0.15) is 6.26 Å². The number of amides is 2. The molecule has 0 spiro atoms. The molecule has 3 aromatic heterocycles. The lowest BCUT2D eigenvalue weighted by molar-refractivity contribution is -0.123. The van der Waals surface area contributed by atoms with Crippen molar-refractivity contribution in [3.63, 3.8) is 0 Å². The first kappa shape index (κ1) is 26.7. The SMILES string of the molecule is Cc1conc1C(=O)N[C@H](c1cn2ccc(C(NC(=O)C[C@H]3CC3(F)F)C3CC3)nc2n1)C1CCC(F)(F)CC1. The summed E-state index contributed by atoms with van der Waals surface area (Å²) in [4.78, 5) is 34.8. The second-order valence-corrected chi connectivity index (χ2v) is 11.5. The second-order valence-electron chi connectivity index (χ2n) is 11.5. The number of hydrogen-bond donors (Lipinski definition) is 2. The van der Waals surface area contributed by atoms with Crippen LogP contribution in [0.25, 0.3) is 5.78 Å². The molecule has 40 heavy (non-hydrogen) atoms. The monoisotopic (exact) mass is 562 g/mol. The number of halogens is 4. The summed E-state index contributed by atoms with van der Waals surface area (Å²) in [7, 11) is 0. The number of carbonyl (C=O) groups excluding carboxylic acids is 2. The molecule has 3 fully saturated rings. The Bertz CT molecular complexity index is 1420. The van der Waals surface area contributed by atoms with Gasteiger partial charge in [0.25, 0.3) is 11.8 Å². The van der Waals surface area contributed by atoms with Gasteiger partial charge in [-0.2, -0.15) is 0 Å². The Kier molecular flexibility index (Phi) is 6.57. The summed E-state index contributed by atoms with van der Waals surface area (Å²) < 4.78 is 61.0. The lowest BCUT2D eigenvalue weighted by Gasteiger charge is -2.33. The van der Waals surface area contributed by atoms with Crippen molar-refractivity contribution in [3.8, 4) is 0 Å². The fourth-order valence-corrected chi connectivity index (χ4v) is 5.58. The maximum atomic E-state index is 13.9. The van der Waals surface area contributed by atoms with Gasteiger partial charge in [-0.05, 0) is 50.5 Å². The first-order valence-electron chi connectivity index (χ1n) is 13.6. The summed E-state index contributed by atoms with van der Waals surface area (Å²) in [6, 6.07) is 0.668. The minimum atomic E-state index is -2.76. The Morgan fingerprint density at radius 2 is 1.70 bits per heavy atom. The Labute approximate surface area is 227 Å². The van der Waals surface area contributed by atoms with Crippen LogP contribution in [0, 0.1) is 24.7 Å². The predicted octanol–water partition coefficient (Wildman–Crippen LogP) is 4.93. The first-order valence-corrected chi connectivity index (χ1v) is 13.6. The number of nitrogens with one attached hydrogen (secondary N) is 2. The Hall–Kier alpha value is -3.51. The van der Waals surface area contributed by atoms with Gasteiger partial charge in [-0.3, -0.25) is 14.0 Å². The van der Waals surface area contributed by atoms with Crippen molar-refractivity contribution >= 4 is 17.6 Å². The van der Waals surface area contributed by atoms with Crippen molar-refractivity contribution in [2.75, 3.05) is 0 Å². The number of aryl methyl sites for hydroxylation is 1. The standard InChI is InChI=1S/C27H30F4N6O3/c1-14-13-40-36-21(14)24(39)35-23(16-4-7-26(28,29)8-5-16)19-12-37-9-6-18(32-25(37)33-19)22(15-2-3-15)34-20(38)10-17-11-27(17,30)31/h6,9,12-13,15-17,22-23H,2-5,7-8,10-11H2,1H3,(H,34,38)(H,35,39)/t17-,22?,23-/m0/s1. The number of carbonyl (C=O) groups is 2. The van der Waals surface area contributed by atoms with Crippen LogP contribution in [-0.4, -0.2) is 43.2 Å². The molecule has 0 aromatic carbocycles. The van der Waals surface area contributed by atoms with E-state index in [1.165, 1.54) is 6.26 Å². The zero-order valence-electron chi connectivity index (χ0n) is 21.9. The van der Waals surface area contributed by atoms with Crippen molar-refractivity contribution < 1.29 is 31.7 Å². The normalized spacial score (nSPS) is 23.5. The molecule has 0 bridgehead atoms. The summed E-state index contributed by atoms with van der Waals surface area (Å²) in [5.74, 6) is -7.12. The molecular formula is C27H30F4N6O3. The molecule has 3 saturated carbocycles. The topological polar surface area (TPSA) is 114 Å². The average Bonchev–Trinajstić information content (AvgIpc) is 3.72. The predicted molar refractivity (Wildman–Crippen MR) is 133 cm³/mol. The van der Waals surface area contributed by atoms with E-state index in [9.17, 15) is 27.2 Å². The quantitative estimate of drug-likeness (QED) is 0.358. The van der Waals surface area contributed by atoms with E-state index in [1.54, 1.807) is 29.8 Å². The fourth-order valence-electron chi connectivity index (χ4n) is 5.58. The summed E-state index contributed by atoms with van der Waals surface area (Å²) >= 11 is 0. The van der Waals surface area contributed by atoms with Crippen LogP contribution >= 0.6 is 0 Å². The molecule has 214 valence electrons. The van der Waals surface area contributed by atoms with E-state index < -0.39 is 41.7 Å². The molecule has 9 nitrogen and oxygen atoms in total. The molecule has 3 aliphatic rings. The highest BCUT2D eigenvalue weighted by molar-refractivity contribution is 5.93. The molecule has 2 N–H and O–H groups in total. The van der Waals surface area contributed by atoms with E-state index in [2.05, 4.69) is 25.8 Å². The number of nitrogens with zero attached hydrogens (tertiary/aromatic N) is 4. The Morgan fingerprint density at radius 3 is 2.33 bits per heavy atom. The van der Waals surface area contributed by atoms with Gasteiger partial charge in [0, 0.05) is 49.6 Å². The van der Waals surface area contributed by atoms with E-state index in [0.717, 1.165) is 12.8 Å². The molecule has 3 aromatic rings. The highest BCUT2D eigenvalue weighted by Crippen LogP contribution is 2.51. The highest BCUT2D eigenvalue weighted by Gasteiger charge is 2.57. The van der Waals surface area contributed by atoms with Gasteiger partial charge in [0.05, 0.1) is 23.5 Å². The van der Waals surface area contributed by atoms with Crippen LogP contribution < -0.4 is 10.6 Å². The second kappa shape index (κ2) is 9.84. The zero-order valence-corrected chi connectivity index (χ0v) is 21.9. The van der Waals surface area contributed by atoms with Crippen LogP contribution in [0.5, 0.6) is 0 Å². The minimum Gasteiger partial charge on any atom is -0.364 e. The molecule has 6 rings (SSSR count). The molecule has 0 radical (unpaired) electrons. The molecule has 2 amide bonds. The highest BCUT2D eigenvalue weighted by atomic mass is 19.3. The van der Waals surface area contributed by atoms with Gasteiger partial charge in [-0.15, -0.1) is 0 Å². The van der Waals surface area contributed by atoms with Crippen LogP contribution in [0.2, 0.25) is 0 Å². The fraction of sp³-hybridized carbons (Fsp3) is 0.593. The van der Waals surface area contributed by atoms with Gasteiger partial charge < -0.3 is 15.2 Å². The number of imidazole rings is 1. The summed E-state index contributed by atoms with van der Waals surface area (Å²) in [6.45, 7) is 1.68. The number of alkyl halides is 4. The first-order chi connectivity index (χ1) is 19.0. The van der Waals surface area contributed by atoms with Gasteiger partial charge in [0.2, 0.25) is 17.6 Å². The summed E-state index contributed by atoms with van der Waals surface area (Å²) in [6.07, 6.45) is 5.94. The van der Waals surface area contributed by atoms with E-state index >= 15 is 0 Å². The van der Waals surface area contributed by atoms with Gasteiger partial charge >= 0.3 is 0 Å². The number of aromatic nitrogens is 4. The van der Waals surface area contributed by atoms with Crippen molar-refractivity contribution in [3.05, 3.63) is 47.4 Å². The van der Waals surface area contributed by atoms with Gasteiger partial charge in [-0.25, -0.2) is 27.5 Å². The molecule has 3 heterocycles. The Balaban J connectivity index is 1.25. The van der Waals surface area contributed by atoms with Crippen LogP contribution in [0.4, 0.5) is 17.6 Å². The van der Waals surface area contributed by atoms with Crippen molar-refractivity contribution in [2.45, 2.75) is 82.2 Å². The smallest absolute Gasteiger partial charge is 0.274 e. The maximum Gasteiger partial charge on any atom is 0.274 e.